The van der Waals surface area contributed by atoms with Gasteiger partial charge in [0.25, 0.3) is 0 Å². The largest absolute Gasteiger partial charge is 0.504 e. The van der Waals surface area contributed by atoms with Gasteiger partial charge in [-0.3, -0.25) is 4.99 Å². The molecule has 0 amide bonds. The molecule has 0 fully saturated rings. The number of hydrogen-bond donors (Lipinski definition) is 5. The Bertz CT molecular complexity index is 3420. The highest BCUT2D eigenvalue weighted by Crippen LogP contribution is 2.55. The molecule has 0 aliphatic rings. The zero-order chi connectivity index (χ0) is 42.5. The molecule has 0 unspecified atom stereocenters. The van der Waals surface area contributed by atoms with Gasteiger partial charge in [0, 0.05) is 42.1 Å². The summed E-state index contributed by atoms with van der Waals surface area (Å²) >= 11 is 1.67. The summed E-state index contributed by atoms with van der Waals surface area (Å²) in [6, 6.07) is 53.9. The van der Waals surface area contributed by atoms with E-state index in [0.717, 1.165) is 75.5 Å². The number of aliphatic imine (C=N–C) groups is 3. The van der Waals surface area contributed by atoms with Crippen LogP contribution in [0.2, 0.25) is 0 Å². The van der Waals surface area contributed by atoms with E-state index in [1.807, 2.05) is 115 Å². The van der Waals surface area contributed by atoms with Gasteiger partial charge in [0.2, 0.25) is 17.2 Å². The van der Waals surface area contributed by atoms with Crippen molar-refractivity contribution < 1.29 is 25.5 Å². The molecular formula is C52H36N4O5S. The number of rotatable bonds is 7. The number of nitrogens with zero attached hydrogens (tertiary/aromatic N) is 4. The molecule has 10 rings (SSSR count). The van der Waals surface area contributed by atoms with Gasteiger partial charge in [0.1, 0.15) is 0 Å². The second-order valence-electron chi connectivity index (χ2n) is 14.8. The van der Waals surface area contributed by atoms with Crippen LogP contribution in [0, 0.1) is 0 Å². The first kappa shape index (κ1) is 38.0. The summed E-state index contributed by atoms with van der Waals surface area (Å²) in [6.45, 7) is 4.47. The Morgan fingerprint density at radius 1 is 0.548 bits per heavy atom. The van der Waals surface area contributed by atoms with Crippen molar-refractivity contribution in [3.05, 3.63) is 180 Å². The van der Waals surface area contributed by atoms with Crippen molar-refractivity contribution in [2.45, 2.75) is 6.54 Å². The molecule has 0 aliphatic heterocycles. The topological polar surface area (TPSA) is 143 Å². The summed E-state index contributed by atoms with van der Waals surface area (Å²) in [5, 5.41) is 56.9. The average Bonchev–Trinajstić information content (AvgIpc) is 3.88. The number of aromatic hydroxyl groups is 5. The quantitative estimate of drug-likeness (QED) is 0.0470. The zero-order valence-corrected chi connectivity index (χ0v) is 33.8. The first-order chi connectivity index (χ1) is 30.3. The van der Waals surface area contributed by atoms with Crippen LogP contribution in [-0.2, 0) is 6.54 Å². The van der Waals surface area contributed by atoms with E-state index in [2.05, 4.69) is 52.7 Å². The number of phenolic OH excluding ortho intramolecular Hbond substituents is 5. The van der Waals surface area contributed by atoms with Crippen LogP contribution in [0.3, 0.4) is 0 Å². The number of thiophene rings is 1. The maximum atomic E-state index is 11.0. The van der Waals surface area contributed by atoms with Crippen LogP contribution in [0.15, 0.2) is 179 Å². The molecule has 10 heteroatoms. The Kier molecular flexibility index (Phi) is 9.46. The second kappa shape index (κ2) is 15.4. The number of phenols is 5. The molecule has 0 bridgehead atoms. The first-order valence-electron chi connectivity index (χ1n) is 19.8. The third kappa shape index (κ3) is 6.29. The van der Waals surface area contributed by atoms with Crippen molar-refractivity contribution in [1.29, 1.82) is 0 Å². The number of fused-ring (bicyclic) bond motifs is 6. The monoisotopic (exact) mass is 828 g/mol. The molecule has 0 aliphatic carbocycles. The lowest BCUT2D eigenvalue weighted by atomic mass is 9.97. The van der Waals surface area contributed by atoms with Gasteiger partial charge in [-0.2, -0.15) is 0 Å². The summed E-state index contributed by atoms with van der Waals surface area (Å²) in [6.07, 6.45) is 0. The van der Waals surface area contributed by atoms with Gasteiger partial charge in [-0.05, 0) is 59.3 Å². The maximum absolute atomic E-state index is 11.0. The van der Waals surface area contributed by atoms with Crippen molar-refractivity contribution in [3.8, 4) is 56.7 Å². The Morgan fingerprint density at radius 2 is 1.19 bits per heavy atom. The van der Waals surface area contributed by atoms with E-state index < -0.39 is 28.7 Å². The number of aromatic nitrogens is 1. The molecule has 2 aromatic heterocycles. The lowest BCUT2D eigenvalue weighted by molar-refractivity contribution is 0.330. The SMILES string of the molecule is C=N/C(=N\C(=N/Cc1ccccc1)c1ccccc1)c1ccc(-c2ccccc2)c2sc3cccc(-n4c5ccccc5c5ccc(-c6c(O)c(O)c(O)c(O)c6O)cc54)c3c12. The predicted octanol–water partition coefficient (Wildman–Crippen LogP) is 12.1. The Morgan fingerprint density at radius 3 is 1.92 bits per heavy atom. The molecule has 0 saturated heterocycles. The van der Waals surface area contributed by atoms with Crippen molar-refractivity contribution in [3.63, 3.8) is 0 Å². The van der Waals surface area contributed by atoms with Gasteiger partial charge >= 0.3 is 0 Å². The summed E-state index contributed by atoms with van der Waals surface area (Å²) in [5.74, 6) is -3.52. The minimum atomic E-state index is -1.02. The van der Waals surface area contributed by atoms with E-state index in [1.54, 1.807) is 23.5 Å². The molecule has 8 aromatic carbocycles. The van der Waals surface area contributed by atoms with Crippen LogP contribution in [0.1, 0.15) is 16.7 Å². The van der Waals surface area contributed by atoms with E-state index in [9.17, 15) is 25.5 Å². The molecule has 0 atom stereocenters. The van der Waals surface area contributed by atoms with Crippen molar-refractivity contribution in [2.24, 2.45) is 15.0 Å². The summed E-state index contributed by atoms with van der Waals surface area (Å²) in [7, 11) is 0. The minimum absolute atomic E-state index is 0.230. The molecule has 0 radical (unpaired) electrons. The van der Waals surface area contributed by atoms with Crippen LogP contribution in [0.4, 0.5) is 0 Å². The normalized spacial score (nSPS) is 12.2. The van der Waals surface area contributed by atoms with Gasteiger partial charge in [-0.25, -0.2) is 9.98 Å². The van der Waals surface area contributed by atoms with Gasteiger partial charge in [-0.1, -0.05) is 133 Å². The van der Waals surface area contributed by atoms with E-state index >= 15 is 0 Å². The fraction of sp³-hybridized carbons (Fsp3) is 0.0192. The van der Waals surface area contributed by atoms with Crippen LogP contribution < -0.4 is 0 Å². The third-order valence-corrected chi connectivity index (χ3v) is 12.4. The molecule has 0 spiro atoms. The number of amidine groups is 2. The lowest BCUT2D eigenvalue weighted by Gasteiger charge is -2.15. The predicted molar refractivity (Wildman–Crippen MR) is 252 cm³/mol. The first-order valence-corrected chi connectivity index (χ1v) is 20.6. The fourth-order valence-electron chi connectivity index (χ4n) is 8.27. The molecule has 2 heterocycles. The van der Waals surface area contributed by atoms with E-state index in [0.29, 0.717) is 23.8 Å². The van der Waals surface area contributed by atoms with E-state index in [1.165, 1.54) is 0 Å². The second-order valence-corrected chi connectivity index (χ2v) is 15.8. The van der Waals surface area contributed by atoms with E-state index in [-0.39, 0.29) is 5.56 Å². The number of hydrogen-bond acceptors (Lipinski definition) is 7. The highest BCUT2D eigenvalue weighted by Gasteiger charge is 2.26. The van der Waals surface area contributed by atoms with Crippen molar-refractivity contribution in [2.75, 3.05) is 0 Å². The third-order valence-electron chi connectivity index (χ3n) is 11.2. The average molecular weight is 829 g/mol. The van der Waals surface area contributed by atoms with Crippen LogP contribution in [0.5, 0.6) is 28.7 Å². The highest BCUT2D eigenvalue weighted by molar-refractivity contribution is 7.26. The molecule has 10 aromatic rings. The Hall–Kier alpha value is -8.21. The summed E-state index contributed by atoms with van der Waals surface area (Å²) in [5.41, 5.74) is 7.28. The van der Waals surface area contributed by atoms with Crippen molar-refractivity contribution >= 4 is 71.7 Å². The standard InChI is InChI=1S/C52H36N4O5S/c1-53-52(55-51(32-18-9-4-10-19-32)54-29-30-14-5-2-6-15-30)37-27-26-34(31-16-7-3-8-17-31)50-43(37)44-39(22-13-23-41(44)62-50)56-38-21-12-11-20-35(38)36-25-24-33(28-40(36)56)42-45(57)47(59)49(61)48(60)46(42)58/h2-28,57-61H,1,29H2/b54-51-,55-52-. The van der Waals surface area contributed by atoms with Gasteiger partial charge in [0.05, 0.1) is 28.8 Å². The van der Waals surface area contributed by atoms with E-state index in [4.69, 9.17) is 9.98 Å². The Labute approximate surface area is 359 Å². The number of para-hydroxylation sites is 1. The minimum Gasteiger partial charge on any atom is -0.504 e. The summed E-state index contributed by atoms with van der Waals surface area (Å²) in [4.78, 5) is 14.8. The maximum Gasteiger partial charge on any atom is 0.208 e. The highest BCUT2D eigenvalue weighted by atomic mass is 32.1. The van der Waals surface area contributed by atoms with Crippen LogP contribution in [-0.4, -0.2) is 48.5 Å². The van der Waals surface area contributed by atoms with Crippen LogP contribution >= 0.6 is 11.3 Å². The smallest absolute Gasteiger partial charge is 0.208 e. The molecule has 300 valence electrons. The molecule has 62 heavy (non-hydrogen) atoms. The summed E-state index contributed by atoms with van der Waals surface area (Å²) < 4.78 is 4.18. The van der Waals surface area contributed by atoms with Crippen LogP contribution in [0.25, 0.3) is 69.9 Å². The number of benzene rings is 8. The molecule has 5 N–H and O–H groups in total. The fourth-order valence-corrected chi connectivity index (χ4v) is 9.56. The molecular weight excluding hydrogens is 793 g/mol. The molecule has 0 saturated carbocycles. The Balaban J connectivity index is 1.28. The zero-order valence-electron chi connectivity index (χ0n) is 32.9. The lowest BCUT2D eigenvalue weighted by Crippen LogP contribution is -2.06. The van der Waals surface area contributed by atoms with Gasteiger partial charge in [-0.15, -0.1) is 11.3 Å². The van der Waals surface area contributed by atoms with Gasteiger partial charge < -0.3 is 30.1 Å². The van der Waals surface area contributed by atoms with Crippen molar-refractivity contribution in [1.82, 2.24) is 4.57 Å². The van der Waals surface area contributed by atoms with Gasteiger partial charge in [0.15, 0.2) is 23.2 Å². The molecule has 9 nitrogen and oxygen atoms in total.